The third-order valence-corrected chi connectivity index (χ3v) is 4.39. The number of rotatable bonds is 2. The van der Waals surface area contributed by atoms with Crippen molar-refractivity contribution in [1.82, 2.24) is 0 Å². The molecule has 0 aliphatic heterocycles. The standard InChI is InChI=1S/C17H17ClO2/c1-20-16-11-13(8-9-15(16)18)17(19)10-4-6-12-5-2-3-7-14(12)17/h2-3,5,7-9,11,19H,4,6,10H2,1H3. The molecule has 20 heavy (non-hydrogen) atoms. The van der Waals surface area contributed by atoms with Crippen LogP contribution in [-0.4, -0.2) is 12.2 Å². The molecule has 104 valence electrons. The van der Waals surface area contributed by atoms with Crippen LogP contribution >= 0.6 is 11.6 Å². The third kappa shape index (κ3) is 2.09. The highest BCUT2D eigenvalue weighted by molar-refractivity contribution is 6.32. The Morgan fingerprint density at radius 3 is 2.80 bits per heavy atom. The molecule has 1 N–H and O–H groups in total. The Bertz CT molecular complexity index is 639. The van der Waals surface area contributed by atoms with Crippen LogP contribution in [0.5, 0.6) is 5.75 Å². The molecule has 3 rings (SSSR count). The summed E-state index contributed by atoms with van der Waals surface area (Å²) in [6.45, 7) is 0. The van der Waals surface area contributed by atoms with Gasteiger partial charge in [0.25, 0.3) is 0 Å². The van der Waals surface area contributed by atoms with E-state index in [2.05, 4.69) is 6.07 Å². The molecule has 0 fully saturated rings. The second-order valence-corrected chi connectivity index (χ2v) is 5.63. The summed E-state index contributed by atoms with van der Waals surface area (Å²) >= 11 is 6.07. The molecule has 1 atom stereocenters. The summed E-state index contributed by atoms with van der Waals surface area (Å²) in [6, 6.07) is 13.6. The highest BCUT2D eigenvalue weighted by Gasteiger charge is 2.36. The van der Waals surface area contributed by atoms with Crippen molar-refractivity contribution >= 4 is 11.6 Å². The van der Waals surface area contributed by atoms with Crippen LogP contribution in [-0.2, 0) is 12.0 Å². The normalized spacial score (nSPS) is 21.4. The van der Waals surface area contributed by atoms with E-state index in [4.69, 9.17) is 16.3 Å². The Hall–Kier alpha value is -1.51. The fourth-order valence-corrected chi connectivity index (χ4v) is 3.22. The van der Waals surface area contributed by atoms with Gasteiger partial charge >= 0.3 is 0 Å². The van der Waals surface area contributed by atoms with Crippen LogP contribution in [0.3, 0.4) is 0 Å². The molecule has 0 aromatic heterocycles. The first-order valence-electron chi connectivity index (χ1n) is 6.80. The number of hydrogen-bond donors (Lipinski definition) is 1. The van der Waals surface area contributed by atoms with Gasteiger partial charge in [-0.3, -0.25) is 0 Å². The van der Waals surface area contributed by atoms with Crippen LogP contribution in [0.25, 0.3) is 0 Å². The highest BCUT2D eigenvalue weighted by atomic mass is 35.5. The van der Waals surface area contributed by atoms with Gasteiger partial charge in [-0.25, -0.2) is 0 Å². The van der Waals surface area contributed by atoms with Crippen molar-refractivity contribution < 1.29 is 9.84 Å². The zero-order chi connectivity index (χ0) is 14.2. The molecule has 3 heteroatoms. The van der Waals surface area contributed by atoms with Crippen LogP contribution in [0.1, 0.15) is 29.5 Å². The summed E-state index contributed by atoms with van der Waals surface area (Å²) in [7, 11) is 1.59. The first kappa shape index (κ1) is 13.5. The molecule has 2 aromatic carbocycles. The van der Waals surface area contributed by atoms with Gasteiger partial charge in [0.15, 0.2) is 0 Å². The van der Waals surface area contributed by atoms with Crippen LogP contribution in [0.15, 0.2) is 42.5 Å². The Labute approximate surface area is 124 Å². The highest BCUT2D eigenvalue weighted by Crippen LogP contribution is 2.42. The lowest BCUT2D eigenvalue weighted by molar-refractivity contribution is 0.0614. The topological polar surface area (TPSA) is 29.5 Å². The van der Waals surface area contributed by atoms with E-state index >= 15 is 0 Å². The number of hydrogen-bond acceptors (Lipinski definition) is 2. The van der Waals surface area contributed by atoms with Gasteiger partial charge in [0, 0.05) is 0 Å². The lowest BCUT2D eigenvalue weighted by Gasteiger charge is -2.35. The third-order valence-electron chi connectivity index (χ3n) is 4.08. The number of aryl methyl sites for hydroxylation is 1. The largest absolute Gasteiger partial charge is 0.495 e. The minimum Gasteiger partial charge on any atom is -0.495 e. The maximum absolute atomic E-state index is 11.2. The van der Waals surface area contributed by atoms with Crippen molar-refractivity contribution in [3.63, 3.8) is 0 Å². The van der Waals surface area contributed by atoms with Crippen LogP contribution in [0.2, 0.25) is 5.02 Å². The molecular formula is C17H17ClO2. The predicted octanol–water partition coefficient (Wildman–Crippen LogP) is 3.92. The molecular weight excluding hydrogens is 272 g/mol. The summed E-state index contributed by atoms with van der Waals surface area (Å²) < 4.78 is 5.27. The van der Waals surface area contributed by atoms with Crippen molar-refractivity contribution in [2.75, 3.05) is 7.11 Å². The smallest absolute Gasteiger partial charge is 0.137 e. The van der Waals surface area contributed by atoms with Gasteiger partial charge < -0.3 is 9.84 Å². The Balaban J connectivity index is 2.14. The molecule has 0 saturated carbocycles. The van der Waals surface area contributed by atoms with Crippen molar-refractivity contribution in [3.8, 4) is 5.75 Å². The van der Waals surface area contributed by atoms with Gasteiger partial charge in [0.1, 0.15) is 11.4 Å². The Kier molecular flexibility index (Phi) is 3.45. The van der Waals surface area contributed by atoms with Gasteiger partial charge in [-0.2, -0.15) is 0 Å². The predicted molar refractivity (Wildman–Crippen MR) is 80.4 cm³/mol. The lowest BCUT2D eigenvalue weighted by atomic mass is 9.75. The van der Waals surface area contributed by atoms with E-state index in [9.17, 15) is 5.11 Å². The van der Waals surface area contributed by atoms with Crippen LogP contribution in [0.4, 0.5) is 0 Å². The van der Waals surface area contributed by atoms with E-state index in [1.54, 1.807) is 13.2 Å². The van der Waals surface area contributed by atoms with Gasteiger partial charge in [0.2, 0.25) is 0 Å². The minimum atomic E-state index is -0.952. The van der Waals surface area contributed by atoms with E-state index in [1.807, 2.05) is 30.3 Å². The van der Waals surface area contributed by atoms with E-state index < -0.39 is 5.60 Å². The molecule has 0 heterocycles. The molecule has 1 aliphatic rings. The fourth-order valence-electron chi connectivity index (χ4n) is 3.03. The molecule has 0 radical (unpaired) electrons. The van der Waals surface area contributed by atoms with E-state index in [1.165, 1.54) is 5.56 Å². The average molecular weight is 289 g/mol. The molecule has 0 saturated heterocycles. The molecule has 0 bridgehead atoms. The molecule has 2 nitrogen and oxygen atoms in total. The molecule has 1 aliphatic carbocycles. The second kappa shape index (κ2) is 5.12. The first-order valence-corrected chi connectivity index (χ1v) is 7.18. The number of aliphatic hydroxyl groups is 1. The minimum absolute atomic E-state index is 0.559. The van der Waals surface area contributed by atoms with Crippen molar-refractivity contribution in [1.29, 1.82) is 0 Å². The lowest BCUT2D eigenvalue weighted by Crippen LogP contribution is -2.31. The number of benzene rings is 2. The number of halogens is 1. The molecule has 0 amide bonds. The first-order chi connectivity index (χ1) is 9.65. The average Bonchev–Trinajstić information content (AvgIpc) is 2.48. The maximum atomic E-state index is 11.2. The summed E-state index contributed by atoms with van der Waals surface area (Å²) in [5.41, 5.74) is 2.10. The van der Waals surface area contributed by atoms with Crippen LogP contribution < -0.4 is 4.74 Å². The SMILES string of the molecule is COc1cc(C2(O)CCCc3ccccc32)ccc1Cl. The summed E-state index contributed by atoms with van der Waals surface area (Å²) in [5.74, 6) is 0.598. The van der Waals surface area contributed by atoms with E-state index in [0.717, 1.165) is 30.4 Å². The zero-order valence-corrected chi connectivity index (χ0v) is 12.2. The Morgan fingerprint density at radius 1 is 1.20 bits per heavy atom. The zero-order valence-electron chi connectivity index (χ0n) is 11.4. The summed E-state index contributed by atoms with van der Waals surface area (Å²) in [6.07, 6.45) is 2.70. The van der Waals surface area contributed by atoms with Gasteiger partial charge in [-0.15, -0.1) is 0 Å². The van der Waals surface area contributed by atoms with E-state index in [-0.39, 0.29) is 0 Å². The van der Waals surface area contributed by atoms with Gasteiger partial charge in [-0.05, 0) is 48.1 Å². The molecule has 1 unspecified atom stereocenters. The number of methoxy groups -OCH3 is 1. The second-order valence-electron chi connectivity index (χ2n) is 5.22. The van der Waals surface area contributed by atoms with Crippen molar-refractivity contribution in [3.05, 3.63) is 64.2 Å². The maximum Gasteiger partial charge on any atom is 0.137 e. The molecule has 0 spiro atoms. The fraction of sp³-hybridized carbons (Fsp3) is 0.294. The quantitative estimate of drug-likeness (QED) is 0.907. The Morgan fingerprint density at radius 2 is 2.00 bits per heavy atom. The van der Waals surface area contributed by atoms with Gasteiger partial charge in [0.05, 0.1) is 12.1 Å². The van der Waals surface area contributed by atoms with E-state index in [0.29, 0.717) is 10.8 Å². The van der Waals surface area contributed by atoms with Gasteiger partial charge in [-0.1, -0.05) is 41.9 Å². The summed E-state index contributed by atoms with van der Waals surface area (Å²) in [4.78, 5) is 0. The van der Waals surface area contributed by atoms with Crippen molar-refractivity contribution in [2.45, 2.75) is 24.9 Å². The number of fused-ring (bicyclic) bond motifs is 1. The van der Waals surface area contributed by atoms with Crippen molar-refractivity contribution in [2.24, 2.45) is 0 Å². The monoisotopic (exact) mass is 288 g/mol. The van der Waals surface area contributed by atoms with Crippen LogP contribution in [0, 0.1) is 0 Å². The summed E-state index contributed by atoms with van der Waals surface area (Å²) in [5, 5.41) is 11.8. The number of ether oxygens (including phenoxy) is 1. The molecule has 2 aromatic rings.